The van der Waals surface area contributed by atoms with Crippen LogP contribution in [-0.4, -0.2) is 16.0 Å². The van der Waals surface area contributed by atoms with Crippen molar-refractivity contribution < 1.29 is 9.90 Å². The Labute approximate surface area is 125 Å². The number of carbonyl (C=O) groups excluding carboxylic acids is 1. The van der Waals surface area contributed by atoms with Crippen molar-refractivity contribution >= 4 is 5.91 Å². The van der Waals surface area contributed by atoms with Crippen LogP contribution >= 0.6 is 0 Å². The summed E-state index contributed by atoms with van der Waals surface area (Å²) in [6.07, 6.45) is -0.583. The number of aromatic nitrogens is 1. The molecule has 0 saturated heterocycles. The van der Waals surface area contributed by atoms with Crippen LogP contribution in [0.15, 0.2) is 24.3 Å². The molecule has 1 aromatic carbocycles. The summed E-state index contributed by atoms with van der Waals surface area (Å²) < 4.78 is 0. The van der Waals surface area contributed by atoms with Crippen LogP contribution in [-0.2, 0) is 6.54 Å². The fraction of sp³-hybridized carbons (Fsp3) is 0.353. The first-order valence-corrected chi connectivity index (χ1v) is 7.11. The van der Waals surface area contributed by atoms with Crippen LogP contribution in [0.5, 0.6) is 0 Å². The average Bonchev–Trinajstić information content (AvgIpc) is 2.73. The fourth-order valence-corrected chi connectivity index (χ4v) is 2.59. The van der Waals surface area contributed by atoms with E-state index in [-0.39, 0.29) is 5.91 Å². The quantitative estimate of drug-likeness (QED) is 0.809. The number of aliphatic hydroxyl groups excluding tert-OH is 1. The van der Waals surface area contributed by atoms with Crippen molar-refractivity contribution in [3.63, 3.8) is 0 Å². The lowest BCUT2D eigenvalue weighted by molar-refractivity contribution is 0.0945. The van der Waals surface area contributed by atoms with Crippen molar-refractivity contribution in [3.8, 4) is 0 Å². The Kier molecular flexibility index (Phi) is 4.48. The third-order valence-corrected chi connectivity index (χ3v) is 3.71. The number of hydrogen-bond donors (Lipinski definition) is 3. The van der Waals surface area contributed by atoms with Gasteiger partial charge in [0.05, 0.1) is 6.10 Å². The van der Waals surface area contributed by atoms with Gasteiger partial charge in [0.2, 0.25) is 0 Å². The Balaban J connectivity index is 2.10. The lowest BCUT2D eigenvalue weighted by Gasteiger charge is -2.07. The summed E-state index contributed by atoms with van der Waals surface area (Å²) in [5.41, 5.74) is 5.23. The molecule has 0 aliphatic carbocycles. The Hall–Kier alpha value is -2.07. The van der Waals surface area contributed by atoms with Crippen LogP contribution in [0.3, 0.4) is 0 Å². The number of H-pyrrole nitrogens is 1. The molecule has 1 amide bonds. The number of aryl methyl sites for hydroxylation is 2. The van der Waals surface area contributed by atoms with Gasteiger partial charge in [0, 0.05) is 17.8 Å². The third kappa shape index (κ3) is 3.34. The topological polar surface area (TPSA) is 65.1 Å². The second-order valence-electron chi connectivity index (χ2n) is 5.51. The number of aliphatic hydroxyl groups is 1. The second-order valence-corrected chi connectivity index (χ2v) is 5.51. The Bertz CT molecular complexity index is 640. The zero-order valence-electron chi connectivity index (χ0n) is 12.9. The van der Waals surface area contributed by atoms with E-state index in [4.69, 9.17) is 0 Å². The Morgan fingerprint density at radius 3 is 2.38 bits per heavy atom. The first-order chi connectivity index (χ1) is 9.90. The predicted octanol–water partition coefficient (Wildman–Crippen LogP) is 2.92. The number of aromatic amines is 1. The first kappa shape index (κ1) is 15.3. The summed E-state index contributed by atoms with van der Waals surface area (Å²) in [7, 11) is 0. The molecule has 0 spiro atoms. The molecule has 1 aromatic heterocycles. The Morgan fingerprint density at radius 2 is 1.86 bits per heavy atom. The second kappa shape index (κ2) is 6.14. The van der Waals surface area contributed by atoms with Gasteiger partial charge < -0.3 is 15.4 Å². The summed E-state index contributed by atoms with van der Waals surface area (Å²) in [6.45, 7) is 7.95. The van der Waals surface area contributed by atoms with Crippen LogP contribution in [0.1, 0.15) is 51.5 Å². The zero-order valence-corrected chi connectivity index (χ0v) is 12.9. The van der Waals surface area contributed by atoms with E-state index in [0.29, 0.717) is 12.2 Å². The monoisotopic (exact) mass is 286 g/mol. The molecule has 0 aliphatic heterocycles. The highest BCUT2D eigenvalue weighted by molar-refractivity contribution is 5.94. The van der Waals surface area contributed by atoms with E-state index in [1.807, 2.05) is 45.0 Å². The average molecular weight is 286 g/mol. The van der Waals surface area contributed by atoms with Gasteiger partial charge in [-0.15, -0.1) is 0 Å². The fourth-order valence-electron chi connectivity index (χ4n) is 2.59. The highest BCUT2D eigenvalue weighted by Gasteiger charge is 2.19. The van der Waals surface area contributed by atoms with Crippen molar-refractivity contribution in [2.75, 3.05) is 0 Å². The van der Waals surface area contributed by atoms with E-state index >= 15 is 0 Å². The predicted molar refractivity (Wildman–Crippen MR) is 83.2 cm³/mol. The van der Waals surface area contributed by atoms with E-state index in [1.165, 1.54) is 5.56 Å². The van der Waals surface area contributed by atoms with Crippen molar-refractivity contribution in [3.05, 3.63) is 57.9 Å². The van der Waals surface area contributed by atoms with Crippen molar-refractivity contribution in [1.82, 2.24) is 10.3 Å². The molecule has 1 atom stereocenters. The third-order valence-electron chi connectivity index (χ3n) is 3.71. The number of nitrogens with one attached hydrogen (secondary N) is 2. The highest BCUT2D eigenvalue weighted by Crippen LogP contribution is 2.24. The van der Waals surface area contributed by atoms with Crippen LogP contribution in [0.2, 0.25) is 0 Å². The summed E-state index contributed by atoms with van der Waals surface area (Å²) in [6, 6.07) is 8.06. The number of amides is 1. The van der Waals surface area contributed by atoms with Gasteiger partial charge in [-0.05, 0) is 38.8 Å². The highest BCUT2D eigenvalue weighted by atomic mass is 16.3. The molecule has 0 aliphatic rings. The maximum atomic E-state index is 12.3. The summed E-state index contributed by atoms with van der Waals surface area (Å²) in [5.74, 6) is -0.150. The molecule has 21 heavy (non-hydrogen) atoms. The van der Waals surface area contributed by atoms with E-state index in [2.05, 4.69) is 10.3 Å². The maximum Gasteiger partial charge on any atom is 0.268 e. The van der Waals surface area contributed by atoms with Gasteiger partial charge in [0.25, 0.3) is 5.91 Å². The number of rotatable bonds is 4. The van der Waals surface area contributed by atoms with Gasteiger partial charge in [-0.1, -0.05) is 29.8 Å². The van der Waals surface area contributed by atoms with Crippen LogP contribution < -0.4 is 5.32 Å². The standard InChI is InChI=1S/C17H22N2O2/c1-10-5-7-14(8-6-10)9-18-17(21)16-11(2)15(13(4)20)12(3)19-16/h5-8,13,19-20H,9H2,1-4H3,(H,18,21). The molecule has 2 aromatic rings. The van der Waals surface area contributed by atoms with E-state index in [9.17, 15) is 9.90 Å². The van der Waals surface area contributed by atoms with Crippen LogP contribution in [0, 0.1) is 20.8 Å². The minimum absolute atomic E-state index is 0.150. The molecule has 112 valence electrons. The summed E-state index contributed by atoms with van der Waals surface area (Å²) >= 11 is 0. The van der Waals surface area contributed by atoms with Crippen LogP contribution in [0.4, 0.5) is 0 Å². The molecule has 2 rings (SSSR count). The van der Waals surface area contributed by atoms with Crippen molar-refractivity contribution in [2.24, 2.45) is 0 Å². The zero-order chi connectivity index (χ0) is 15.6. The normalized spacial score (nSPS) is 12.2. The molecule has 1 unspecified atom stereocenters. The van der Waals surface area contributed by atoms with Gasteiger partial charge in [0.1, 0.15) is 5.69 Å². The van der Waals surface area contributed by atoms with E-state index < -0.39 is 6.10 Å². The van der Waals surface area contributed by atoms with Gasteiger partial charge in [0.15, 0.2) is 0 Å². The SMILES string of the molecule is Cc1ccc(CNC(=O)c2[nH]c(C)c(C(C)O)c2C)cc1. The molecular formula is C17H22N2O2. The molecule has 1 heterocycles. The molecule has 0 fully saturated rings. The lowest BCUT2D eigenvalue weighted by Crippen LogP contribution is -2.24. The first-order valence-electron chi connectivity index (χ1n) is 7.11. The maximum absolute atomic E-state index is 12.3. The summed E-state index contributed by atoms with van der Waals surface area (Å²) in [4.78, 5) is 15.3. The number of benzene rings is 1. The van der Waals surface area contributed by atoms with Crippen LogP contribution in [0.25, 0.3) is 0 Å². The van der Waals surface area contributed by atoms with Gasteiger partial charge in [-0.2, -0.15) is 0 Å². The molecule has 0 saturated carbocycles. The molecule has 0 radical (unpaired) electrons. The van der Waals surface area contributed by atoms with Crippen molar-refractivity contribution in [1.29, 1.82) is 0 Å². The summed E-state index contributed by atoms with van der Waals surface area (Å²) in [5, 5.41) is 12.7. The minimum atomic E-state index is -0.583. The van der Waals surface area contributed by atoms with E-state index in [0.717, 1.165) is 22.4 Å². The van der Waals surface area contributed by atoms with Crippen molar-refractivity contribution in [2.45, 2.75) is 40.3 Å². The van der Waals surface area contributed by atoms with Gasteiger partial charge in [-0.3, -0.25) is 4.79 Å². The Morgan fingerprint density at radius 1 is 1.24 bits per heavy atom. The number of hydrogen-bond acceptors (Lipinski definition) is 2. The van der Waals surface area contributed by atoms with E-state index in [1.54, 1.807) is 6.92 Å². The molecule has 3 N–H and O–H groups in total. The molecule has 0 bridgehead atoms. The largest absolute Gasteiger partial charge is 0.389 e. The molecular weight excluding hydrogens is 264 g/mol. The van der Waals surface area contributed by atoms with Gasteiger partial charge in [-0.25, -0.2) is 0 Å². The molecule has 4 nitrogen and oxygen atoms in total. The smallest absolute Gasteiger partial charge is 0.268 e. The lowest BCUT2D eigenvalue weighted by atomic mass is 10.1. The number of carbonyl (C=O) groups is 1. The van der Waals surface area contributed by atoms with Gasteiger partial charge >= 0.3 is 0 Å². The molecule has 4 heteroatoms. The minimum Gasteiger partial charge on any atom is -0.389 e.